The van der Waals surface area contributed by atoms with E-state index in [4.69, 9.17) is 4.74 Å². The topological polar surface area (TPSA) is 26.3 Å². The van der Waals surface area contributed by atoms with Crippen LogP contribution >= 0.6 is 12.2 Å². The molecule has 0 unspecified atom stereocenters. The Bertz CT molecular complexity index is 120. The average Bonchev–Trinajstić information content (AvgIpc) is 1.63. The smallest absolute Gasteiger partial charge is 0.167 e. The van der Waals surface area contributed by atoms with Gasteiger partial charge in [-0.15, -0.1) is 0 Å². The van der Waals surface area contributed by atoms with Crippen LogP contribution < -0.4 is 0 Å². The van der Waals surface area contributed by atoms with E-state index in [0.29, 0.717) is 11.7 Å². The van der Waals surface area contributed by atoms with Crippen LogP contribution in [0.1, 0.15) is 20.3 Å². The third-order valence-corrected chi connectivity index (χ3v) is 0.961. The molecule has 0 spiro atoms. The molecule has 0 aliphatic carbocycles. The van der Waals surface area contributed by atoms with Gasteiger partial charge in [0.1, 0.15) is 5.78 Å². The number of rotatable bonds is 3. The zero-order chi connectivity index (χ0) is 7.28. The standard InChI is InChI=1S/C6H10O2S/c1-3-8-6(9)4-5(2)7/h3-4H2,1-2H3. The molecule has 9 heavy (non-hydrogen) atoms. The van der Waals surface area contributed by atoms with Gasteiger partial charge in [0.2, 0.25) is 0 Å². The maximum Gasteiger partial charge on any atom is 0.167 e. The van der Waals surface area contributed by atoms with Crippen molar-refractivity contribution in [1.82, 2.24) is 0 Å². The molecular formula is C6H10O2S. The van der Waals surface area contributed by atoms with E-state index in [-0.39, 0.29) is 12.2 Å². The van der Waals surface area contributed by atoms with Gasteiger partial charge in [0.05, 0.1) is 13.0 Å². The zero-order valence-electron chi connectivity index (χ0n) is 5.64. The molecular weight excluding hydrogens is 136 g/mol. The Kier molecular flexibility index (Phi) is 4.22. The molecule has 0 aromatic carbocycles. The molecule has 0 heterocycles. The first-order valence-corrected chi connectivity index (χ1v) is 3.22. The highest BCUT2D eigenvalue weighted by atomic mass is 32.1. The molecule has 2 nitrogen and oxygen atoms in total. The van der Waals surface area contributed by atoms with Crippen LogP contribution in [0, 0.1) is 0 Å². The number of hydrogen-bond donors (Lipinski definition) is 0. The van der Waals surface area contributed by atoms with Gasteiger partial charge >= 0.3 is 0 Å². The number of ether oxygens (including phenoxy) is 1. The minimum atomic E-state index is 0.0495. The minimum Gasteiger partial charge on any atom is -0.487 e. The summed E-state index contributed by atoms with van der Waals surface area (Å²) in [6.45, 7) is 3.88. The quantitative estimate of drug-likeness (QED) is 0.562. The lowest BCUT2D eigenvalue weighted by atomic mass is 10.3. The van der Waals surface area contributed by atoms with E-state index < -0.39 is 0 Å². The van der Waals surface area contributed by atoms with Crippen LogP contribution in [0.4, 0.5) is 0 Å². The number of carbonyl (C=O) groups excluding carboxylic acids is 1. The maximum absolute atomic E-state index is 10.4. The molecule has 0 aromatic heterocycles. The zero-order valence-corrected chi connectivity index (χ0v) is 6.46. The third kappa shape index (κ3) is 5.43. The second-order valence-corrected chi connectivity index (χ2v) is 2.14. The molecule has 0 aliphatic heterocycles. The van der Waals surface area contributed by atoms with Gasteiger partial charge < -0.3 is 4.74 Å². The predicted molar refractivity (Wildman–Crippen MR) is 39.5 cm³/mol. The maximum atomic E-state index is 10.4. The van der Waals surface area contributed by atoms with Gasteiger partial charge in [-0.2, -0.15) is 0 Å². The molecule has 0 saturated carbocycles. The van der Waals surface area contributed by atoms with Crippen LogP contribution in [0.5, 0.6) is 0 Å². The highest BCUT2D eigenvalue weighted by Crippen LogP contribution is 1.89. The highest BCUT2D eigenvalue weighted by Gasteiger charge is 1.98. The monoisotopic (exact) mass is 146 g/mol. The average molecular weight is 146 g/mol. The van der Waals surface area contributed by atoms with Crippen molar-refractivity contribution >= 4 is 23.1 Å². The normalized spacial score (nSPS) is 8.67. The summed E-state index contributed by atoms with van der Waals surface area (Å²) in [5.74, 6) is 0.0495. The first-order valence-electron chi connectivity index (χ1n) is 2.82. The van der Waals surface area contributed by atoms with Crippen molar-refractivity contribution in [2.75, 3.05) is 6.61 Å². The van der Waals surface area contributed by atoms with E-state index in [2.05, 4.69) is 12.2 Å². The van der Waals surface area contributed by atoms with Crippen molar-refractivity contribution in [3.05, 3.63) is 0 Å². The summed E-state index contributed by atoms with van der Waals surface area (Å²) in [6.07, 6.45) is 0.267. The van der Waals surface area contributed by atoms with Crippen LogP contribution in [0.3, 0.4) is 0 Å². The first-order chi connectivity index (χ1) is 4.16. The van der Waals surface area contributed by atoms with Crippen molar-refractivity contribution in [3.8, 4) is 0 Å². The summed E-state index contributed by atoms with van der Waals surface area (Å²) >= 11 is 4.69. The van der Waals surface area contributed by atoms with Crippen LogP contribution in [-0.2, 0) is 9.53 Å². The Morgan fingerprint density at radius 1 is 1.67 bits per heavy atom. The molecule has 0 N–H and O–H groups in total. The van der Waals surface area contributed by atoms with Crippen molar-refractivity contribution < 1.29 is 9.53 Å². The Morgan fingerprint density at radius 2 is 2.22 bits per heavy atom. The molecule has 0 rings (SSSR count). The highest BCUT2D eigenvalue weighted by molar-refractivity contribution is 7.80. The molecule has 0 amide bonds. The molecule has 0 atom stereocenters. The fourth-order valence-corrected chi connectivity index (χ4v) is 0.736. The summed E-state index contributed by atoms with van der Waals surface area (Å²) in [5.41, 5.74) is 0. The number of thiocarbonyl (C=S) groups is 1. The van der Waals surface area contributed by atoms with Gasteiger partial charge in [-0.3, -0.25) is 4.79 Å². The molecule has 0 saturated heterocycles. The number of ketones is 1. The Labute approximate surface area is 60.2 Å². The molecule has 0 radical (unpaired) electrons. The lowest BCUT2D eigenvalue weighted by Crippen LogP contribution is -2.05. The summed E-state index contributed by atoms with van der Waals surface area (Å²) in [6, 6.07) is 0. The Balaban J connectivity index is 3.39. The summed E-state index contributed by atoms with van der Waals surface area (Å²) in [7, 11) is 0. The van der Waals surface area contributed by atoms with E-state index in [1.165, 1.54) is 6.92 Å². The van der Waals surface area contributed by atoms with E-state index in [1.54, 1.807) is 0 Å². The van der Waals surface area contributed by atoms with Crippen LogP contribution in [0.15, 0.2) is 0 Å². The lowest BCUT2D eigenvalue weighted by molar-refractivity contribution is -0.116. The molecule has 52 valence electrons. The van der Waals surface area contributed by atoms with Gasteiger partial charge in [0.15, 0.2) is 5.05 Å². The van der Waals surface area contributed by atoms with Crippen LogP contribution in [0.2, 0.25) is 0 Å². The molecule has 0 fully saturated rings. The SMILES string of the molecule is CCOC(=S)CC(C)=O. The third-order valence-electron chi connectivity index (χ3n) is 0.699. The van der Waals surface area contributed by atoms with Gasteiger partial charge in [0.25, 0.3) is 0 Å². The summed E-state index contributed by atoms with van der Waals surface area (Å²) in [5, 5.41) is 0.394. The van der Waals surface area contributed by atoms with E-state index in [1.807, 2.05) is 6.92 Å². The fourth-order valence-electron chi connectivity index (χ4n) is 0.415. The summed E-state index contributed by atoms with van der Waals surface area (Å²) in [4.78, 5) is 10.4. The molecule has 0 aliphatic rings. The van der Waals surface area contributed by atoms with E-state index >= 15 is 0 Å². The fraction of sp³-hybridized carbons (Fsp3) is 0.667. The largest absolute Gasteiger partial charge is 0.487 e. The Hall–Kier alpha value is -0.440. The number of Topliss-reactive ketones (excluding diaryl/α,β-unsaturated/α-hetero) is 1. The lowest BCUT2D eigenvalue weighted by Gasteiger charge is -1.99. The molecule has 0 aromatic rings. The van der Waals surface area contributed by atoms with Crippen molar-refractivity contribution in [3.63, 3.8) is 0 Å². The Morgan fingerprint density at radius 3 is 2.56 bits per heavy atom. The van der Waals surface area contributed by atoms with Crippen molar-refractivity contribution in [2.24, 2.45) is 0 Å². The number of carbonyl (C=O) groups is 1. The van der Waals surface area contributed by atoms with Gasteiger partial charge in [-0.05, 0) is 26.1 Å². The first kappa shape index (κ1) is 8.56. The number of hydrogen-bond acceptors (Lipinski definition) is 3. The van der Waals surface area contributed by atoms with E-state index in [0.717, 1.165) is 0 Å². The molecule has 3 heteroatoms. The predicted octanol–water partition coefficient (Wildman–Crippen LogP) is 1.33. The van der Waals surface area contributed by atoms with Gasteiger partial charge in [0, 0.05) is 0 Å². The second kappa shape index (κ2) is 4.44. The van der Waals surface area contributed by atoms with Crippen molar-refractivity contribution in [1.29, 1.82) is 0 Å². The minimum absolute atomic E-state index is 0.0495. The molecule has 0 bridgehead atoms. The van der Waals surface area contributed by atoms with Crippen LogP contribution in [0.25, 0.3) is 0 Å². The van der Waals surface area contributed by atoms with Gasteiger partial charge in [-0.1, -0.05) is 0 Å². The van der Waals surface area contributed by atoms with E-state index in [9.17, 15) is 4.79 Å². The van der Waals surface area contributed by atoms with Gasteiger partial charge in [-0.25, -0.2) is 0 Å². The second-order valence-electron chi connectivity index (χ2n) is 1.68. The summed E-state index contributed by atoms with van der Waals surface area (Å²) < 4.78 is 4.86. The van der Waals surface area contributed by atoms with Crippen molar-refractivity contribution in [2.45, 2.75) is 20.3 Å². The van der Waals surface area contributed by atoms with Crippen LogP contribution in [-0.4, -0.2) is 17.4 Å².